The molecule has 194 valence electrons. The topological polar surface area (TPSA) is 99.4 Å². The number of aliphatic hydroxyl groups excluding tert-OH is 1. The number of alkyl halides is 3. The molecule has 3 aromatic rings. The maximum absolute atomic E-state index is 13.0. The van der Waals surface area contributed by atoms with Gasteiger partial charge >= 0.3 is 11.8 Å². The second kappa shape index (κ2) is 11.0. The molecule has 0 amide bonds. The molecule has 2 unspecified atom stereocenters. The van der Waals surface area contributed by atoms with E-state index in [1.165, 1.54) is 25.3 Å². The highest BCUT2D eigenvalue weighted by atomic mass is 19.4. The minimum atomic E-state index is -4.82. The second-order valence-corrected chi connectivity index (χ2v) is 8.33. The first kappa shape index (κ1) is 26.1. The monoisotopic (exact) mass is 509 g/mol. The van der Waals surface area contributed by atoms with Crippen molar-refractivity contribution in [2.24, 2.45) is 0 Å². The van der Waals surface area contributed by atoms with Gasteiger partial charge < -0.3 is 33.8 Å². The Labute approximate surface area is 204 Å². The molecule has 1 saturated heterocycles. The van der Waals surface area contributed by atoms with Crippen LogP contribution in [0.4, 0.5) is 18.9 Å². The van der Waals surface area contributed by atoms with Gasteiger partial charge in [0.15, 0.2) is 12.6 Å². The average molecular weight is 509 g/mol. The maximum Gasteiger partial charge on any atom is 0.423 e. The van der Waals surface area contributed by atoms with E-state index in [1.807, 2.05) is 37.3 Å². The lowest BCUT2D eigenvalue weighted by Crippen LogP contribution is -2.48. The third kappa shape index (κ3) is 5.88. The van der Waals surface area contributed by atoms with Crippen LogP contribution < -0.4 is 10.9 Å². The number of hydrogen-bond donors (Lipinski definition) is 2. The van der Waals surface area contributed by atoms with Gasteiger partial charge in [0.05, 0.1) is 19.3 Å². The molecule has 0 bridgehead atoms. The smallest absolute Gasteiger partial charge is 0.422 e. The molecule has 1 fully saturated rings. The molecule has 0 saturated carbocycles. The molecule has 11 heteroatoms. The molecule has 0 aliphatic carbocycles. The summed E-state index contributed by atoms with van der Waals surface area (Å²) in [6.45, 7) is 1.67. The van der Waals surface area contributed by atoms with Crippen molar-refractivity contribution in [3.63, 3.8) is 0 Å². The molecule has 2 heterocycles. The van der Waals surface area contributed by atoms with Gasteiger partial charge in [0.1, 0.15) is 23.3 Å². The highest BCUT2D eigenvalue weighted by molar-refractivity contribution is 5.81. The van der Waals surface area contributed by atoms with E-state index in [-0.39, 0.29) is 23.7 Å². The van der Waals surface area contributed by atoms with Crippen LogP contribution in [0.2, 0.25) is 0 Å². The standard InChI is InChI=1S/C25H26F3NO7/c1-14-21(13-33-23(34-14)15-6-4-3-5-7-15)36-24(32-2)19(12-30)29-17-9-8-16-10-18(25(26,27)28)22(31)35-20(16)11-17/h3-11,14,19,21,23-24,29-30H,12-13H2,1-2H3/t14-,19-,21?,23?,24-/m0/s1. The van der Waals surface area contributed by atoms with Crippen molar-refractivity contribution in [3.05, 3.63) is 76.1 Å². The molecule has 4 rings (SSSR count). The minimum absolute atomic E-state index is 0.0424. The Hall–Kier alpha value is -2.96. The lowest BCUT2D eigenvalue weighted by Gasteiger charge is -2.37. The van der Waals surface area contributed by atoms with Gasteiger partial charge in [-0.3, -0.25) is 0 Å². The highest BCUT2D eigenvalue weighted by Gasteiger charge is 2.36. The molecular weight excluding hydrogens is 483 g/mol. The first-order valence-corrected chi connectivity index (χ1v) is 11.2. The van der Waals surface area contributed by atoms with Crippen LogP contribution in [0.3, 0.4) is 0 Å². The Morgan fingerprint density at radius 3 is 2.56 bits per heavy atom. The van der Waals surface area contributed by atoms with E-state index in [0.717, 1.165) is 11.6 Å². The fourth-order valence-corrected chi connectivity index (χ4v) is 3.87. The van der Waals surface area contributed by atoms with E-state index in [4.69, 9.17) is 23.4 Å². The summed E-state index contributed by atoms with van der Waals surface area (Å²) >= 11 is 0. The van der Waals surface area contributed by atoms with Crippen LogP contribution in [0.1, 0.15) is 24.3 Å². The number of rotatable bonds is 8. The van der Waals surface area contributed by atoms with E-state index < -0.39 is 48.7 Å². The van der Waals surface area contributed by atoms with E-state index in [1.54, 1.807) is 0 Å². The third-order valence-corrected chi connectivity index (χ3v) is 5.81. The highest BCUT2D eigenvalue weighted by Crippen LogP contribution is 2.31. The van der Waals surface area contributed by atoms with Gasteiger partial charge in [-0.05, 0) is 25.1 Å². The van der Waals surface area contributed by atoms with Gasteiger partial charge in [0, 0.05) is 29.8 Å². The molecule has 0 radical (unpaired) electrons. The summed E-state index contributed by atoms with van der Waals surface area (Å²) in [7, 11) is 1.41. The number of nitrogens with one attached hydrogen (secondary N) is 1. The van der Waals surface area contributed by atoms with E-state index in [0.29, 0.717) is 5.69 Å². The third-order valence-electron chi connectivity index (χ3n) is 5.81. The zero-order valence-electron chi connectivity index (χ0n) is 19.5. The Morgan fingerprint density at radius 1 is 1.17 bits per heavy atom. The molecule has 2 aromatic carbocycles. The fourth-order valence-electron chi connectivity index (χ4n) is 3.87. The molecule has 2 N–H and O–H groups in total. The van der Waals surface area contributed by atoms with Gasteiger partial charge in [-0.2, -0.15) is 13.2 Å². The van der Waals surface area contributed by atoms with Crippen molar-refractivity contribution >= 4 is 16.7 Å². The predicted octanol–water partition coefficient (Wildman–Crippen LogP) is 4.08. The van der Waals surface area contributed by atoms with Gasteiger partial charge in [-0.25, -0.2) is 4.79 Å². The van der Waals surface area contributed by atoms with E-state index >= 15 is 0 Å². The van der Waals surface area contributed by atoms with Crippen molar-refractivity contribution in [3.8, 4) is 0 Å². The van der Waals surface area contributed by atoms with Gasteiger partial charge in [0.25, 0.3) is 0 Å². The molecule has 36 heavy (non-hydrogen) atoms. The molecule has 1 aromatic heterocycles. The zero-order chi connectivity index (χ0) is 25.9. The Kier molecular flexibility index (Phi) is 7.96. The molecule has 1 aliphatic heterocycles. The van der Waals surface area contributed by atoms with Crippen molar-refractivity contribution in [2.75, 3.05) is 25.6 Å². The van der Waals surface area contributed by atoms with Crippen LogP contribution in [-0.2, 0) is 25.1 Å². The first-order valence-electron chi connectivity index (χ1n) is 11.2. The SMILES string of the molecule is CO[C@@H](OC1COC(c2ccccc2)O[C@H]1C)[C@H](CO)Nc1ccc2cc(C(F)(F)F)c(=O)oc2c1. The van der Waals surface area contributed by atoms with Gasteiger partial charge in [-0.15, -0.1) is 0 Å². The summed E-state index contributed by atoms with van der Waals surface area (Å²) in [6.07, 6.45) is -7.13. The van der Waals surface area contributed by atoms with Gasteiger partial charge in [0.2, 0.25) is 0 Å². The number of aliphatic hydroxyl groups is 1. The molecule has 0 spiro atoms. The predicted molar refractivity (Wildman–Crippen MR) is 123 cm³/mol. The Bertz CT molecular complexity index is 1220. The number of anilines is 1. The molecule has 5 atom stereocenters. The number of ether oxygens (including phenoxy) is 4. The van der Waals surface area contributed by atoms with Crippen molar-refractivity contribution in [1.82, 2.24) is 0 Å². The summed E-state index contributed by atoms with van der Waals surface area (Å²) in [4.78, 5) is 11.8. The maximum atomic E-state index is 13.0. The average Bonchev–Trinajstić information content (AvgIpc) is 2.86. The van der Waals surface area contributed by atoms with Crippen LogP contribution in [0.15, 0.2) is 63.8 Å². The van der Waals surface area contributed by atoms with E-state index in [2.05, 4.69) is 5.32 Å². The largest absolute Gasteiger partial charge is 0.423 e. The summed E-state index contributed by atoms with van der Waals surface area (Å²) in [5.74, 6) is 0. The van der Waals surface area contributed by atoms with Crippen molar-refractivity contribution < 1.29 is 41.6 Å². The van der Waals surface area contributed by atoms with E-state index in [9.17, 15) is 23.1 Å². The second-order valence-electron chi connectivity index (χ2n) is 8.33. The Balaban J connectivity index is 1.44. The van der Waals surface area contributed by atoms with Crippen LogP contribution in [0, 0.1) is 0 Å². The van der Waals surface area contributed by atoms with Crippen molar-refractivity contribution in [1.29, 1.82) is 0 Å². The van der Waals surface area contributed by atoms with Crippen molar-refractivity contribution in [2.45, 2.75) is 43.9 Å². The number of hydrogen-bond acceptors (Lipinski definition) is 8. The number of fused-ring (bicyclic) bond motifs is 1. The van der Waals surface area contributed by atoms with Crippen LogP contribution >= 0.6 is 0 Å². The summed E-state index contributed by atoms with van der Waals surface area (Å²) in [5, 5.41) is 13.1. The van der Waals surface area contributed by atoms with Gasteiger partial charge in [-0.1, -0.05) is 30.3 Å². The number of methoxy groups -OCH3 is 1. The summed E-state index contributed by atoms with van der Waals surface area (Å²) in [5.41, 5.74) is -1.64. The normalized spacial score (nSPS) is 22.3. The summed E-state index contributed by atoms with van der Waals surface area (Å²) in [6, 6.07) is 13.7. The Morgan fingerprint density at radius 2 is 1.92 bits per heavy atom. The molecular formula is C25H26F3NO7. The molecule has 1 aliphatic rings. The fraction of sp³-hybridized carbons (Fsp3) is 0.400. The summed E-state index contributed by atoms with van der Waals surface area (Å²) < 4.78 is 67.1. The number of benzene rings is 2. The van der Waals surface area contributed by atoms with Crippen LogP contribution in [0.25, 0.3) is 11.0 Å². The number of halogens is 3. The zero-order valence-corrected chi connectivity index (χ0v) is 19.5. The quantitative estimate of drug-likeness (QED) is 0.346. The van der Waals surface area contributed by atoms with Crippen LogP contribution in [0.5, 0.6) is 0 Å². The lowest BCUT2D eigenvalue weighted by atomic mass is 10.1. The molecule has 8 nitrogen and oxygen atoms in total. The van der Waals surface area contributed by atoms with Crippen LogP contribution in [-0.4, -0.2) is 50.0 Å². The first-order chi connectivity index (χ1) is 17.2. The minimum Gasteiger partial charge on any atom is -0.422 e. The lowest BCUT2D eigenvalue weighted by molar-refractivity contribution is -0.290.